The Labute approximate surface area is 196 Å². The van der Waals surface area contributed by atoms with Crippen LogP contribution < -0.4 is 0 Å². The van der Waals surface area contributed by atoms with Crippen LogP contribution in [0.3, 0.4) is 0 Å². The van der Waals surface area contributed by atoms with Gasteiger partial charge < -0.3 is 9.32 Å². The van der Waals surface area contributed by atoms with Gasteiger partial charge in [-0.1, -0.05) is 54.6 Å². The molecule has 6 heteroatoms. The molecule has 0 spiro atoms. The second-order valence-electron chi connectivity index (χ2n) is 8.89. The van der Waals surface area contributed by atoms with Crippen LogP contribution >= 0.6 is 0 Å². The van der Waals surface area contributed by atoms with Gasteiger partial charge in [-0.3, -0.25) is 9.69 Å². The largest absolute Gasteiger partial charge is 0.425 e. The molecule has 33 heavy (non-hydrogen) atoms. The van der Waals surface area contributed by atoms with Crippen molar-refractivity contribution < 1.29 is 9.21 Å². The van der Waals surface area contributed by atoms with Crippen LogP contribution in [0, 0.1) is 0 Å². The molecule has 6 nitrogen and oxygen atoms in total. The van der Waals surface area contributed by atoms with Gasteiger partial charge in [0.15, 0.2) is 0 Å². The normalized spacial score (nSPS) is 13.6. The summed E-state index contributed by atoms with van der Waals surface area (Å²) in [6.45, 7) is 3.64. The zero-order valence-corrected chi connectivity index (χ0v) is 19.6. The van der Waals surface area contributed by atoms with Crippen LogP contribution in [0.1, 0.15) is 47.7 Å². The van der Waals surface area contributed by atoms with E-state index in [0.717, 1.165) is 58.3 Å². The van der Waals surface area contributed by atoms with E-state index in [1.165, 1.54) is 16.7 Å². The number of benzene rings is 2. The summed E-state index contributed by atoms with van der Waals surface area (Å²) in [5, 5.41) is 8.28. The fourth-order valence-corrected chi connectivity index (χ4v) is 4.31. The molecule has 0 bridgehead atoms. The maximum absolute atomic E-state index is 12.6. The fourth-order valence-electron chi connectivity index (χ4n) is 4.31. The topological polar surface area (TPSA) is 62.5 Å². The summed E-state index contributed by atoms with van der Waals surface area (Å²) >= 11 is 0. The zero-order chi connectivity index (χ0) is 22.9. The lowest BCUT2D eigenvalue weighted by atomic mass is 10.00. The van der Waals surface area contributed by atoms with Crippen molar-refractivity contribution in [3.05, 3.63) is 83.1 Å². The lowest BCUT2D eigenvalue weighted by Gasteiger charge is -2.30. The number of carbonyl (C=O) groups is 1. The van der Waals surface area contributed by atoms with Gasteiger partial charge in [-0.2, -0.15) is 0 Å². The Bertz CT molecular complexity index is 1020. The summed E-state index contributed by atoms with van der Waals surface area (Å²) in [7, 11) is 1.88. The smallest absolute Gasteiger partial charge is 0.222 e. The Kier molecular flexibility index (Phi) is 8.25. The average Bonchev–Trinajstić information content (AvgIpc) is 3.32. The predicted molar refractivity (Wildman–Crippen MR) is 129 cm³/mol. The summed E-state index contributed by atoms with van der Waals surface area (Å²) in [6.07, 6.45) is 5.93. The van der Waals surface area contributed by atoms with E-state index in [2.05, 4.69) is 63.6 Å². The number of aryl methyl sites for hydroxylation is 3. The van der Waals surface area contributed by atoms with Crippen LogP contribution in [0.4, 0.5) is 0 Å². The molecule has 2 heterocycles. The number of aromatic nitrogens is 2. The molecular formula is C27H34N4O2. The minimum Gasteiger partial charge on any atom is -0.425 e. The Morgan fingerprint density at radius 2 is 1.64 bits per heavy atom. The number of fused-ring (bicyclic) bond motifs is 1. The predicted octanol–water partition coefficient (Wildman–Crippen LogP) is 4.08. The highest BCUT2D eigenvalue weighted by molar-refractivity contribution is 5.76. The molecule has 0 saturated heterocycles. The van der Waals surface area contributed by atoms with Crippen LogP contribution in [0.5, 0.6) is 0 Å². The van der Waals surface area contributed by atoms with Crippen molar-refractivity contribution in [1.29, 1.82) is 0 Å². The van der Waals surface area contributed by atoms with Crippen LogP contribution in [-0.2, 0) is 37.0 Å². The summed E-state index contributed by atoms with van der Waals surface area (Å²) in [5.41, 5.74) is 4.22. The lowest BCUT2D eigenvalue weighted by molar-refractivity contribution is -0.130. The third kappa shape index (κ3) is 6.99. The number of nitrogens with zero attached hydrogens (tertiary/aromatic N) is 4. The molecule has 0 radical (unpaired) electrons. The third-order valence-corrected chi connectivity index (χ3v) is 6.40. The van der Waals surface area contributed by atoms with E-state index in [9.17, 15) is 4.79 Å². The van der Waals surface area contributed by atoms with E-state index in [0.29, 0.717) is 24.6 Å². The Hall–Kier alpha value is -2.99. The van der Waals surface area contributed by atoms with Crippen molar-refractivity contribution in [1.82, 2.24) is 20.0 Å². The fraction of sp³-hybridized carbons (Fsp3) is 0.444. The summed E-state index contributed by atoms with van der Waals surface area (Å²) in [6, 6.07) is 19.1. The highest BCUT2D eigenvalue weighted by Gasteiger charge is 2.17. The monoisotopic (exact) mass is 446 g/mol. The van der Waals surface area contributed by atoms with Crippen molar-refractivity contribution in [2.75, 3.05) is 26.7 Å². The molecule has 0 fully saturated rings. The molecule has 0 N–H and O–H groups in total. The van der Waals surface area contributed by atoms with Crippen molar-refractivity contribution in [3.63, 3.8) is 0 Å². The maximum Gasteiger partial charge on any atom is 0.222 e. The van der Waals surface area contributed by atoms with Gasteiger partial charge in [0, 0.05) is 52.5 Å². The Balaban J connectivity index is 1.12. The molecule has 0 aliphatic carbocycles. The number of unbranched alkanes of at least 4 members (excludes halogenated alkanes) is 1. The van der Waals surface area contributed by atoms with Gasteiger partial charge in [-0.15, -0.1) is 10.2 Å². The highest BCUT2D eigenvalue weighted by atomic mass is 16.4. The molecule has 1 aromatic heterocycles. The van der Waals surface area contributed by atoms with E-state index in [4.69, 9.17) is 4.42 Å². The van der Waals surface area contributed by atoms with Crippen LogP contribution in [-0.4, -0.2) is 52.6 Å². The number of likely N-dealkylation sites (N-methyl/N-ethyl adjacent to an activating group) is 1. The van der Waals surface area contributed by atoms with Gasteiger partial charge in [0.2, 0.25) is 17.7 Å². The van der Waals surface area contributed by atoms with Crippen molar-refractivity contribution in [3.8, 4) is 0 Å². The highest BCUT2D eigenvalue weighted by Crippen LogP contribution is 2.18. The zero-order valence-electron chi connectivity index (χ0n) is 19.6. The quantitative estimate of drug-likeness (QED) is 0.415. The van der Waals surface area contributed by atoms with Gasteiger partial charge in [-0.25, -0.2) is 0 Å². The number of carbonyl (C=O) groups excluding carboxylic acids is 1. The first-order chi connectivity index (χ1) is 16.2. The number of hydrogen-bond acceptors (Lipinski definition) is 5. The summed E-state index contributed by atoms with van der Waals surface area (Å²) in [4.78, 5) is 16.8. The molecule has 1 aliphatic heterocycles. The first-order valence-corrected chi connectivity index (χ1v) is 12.1. The minimum atomic E-state index is 0.120. The van der Waals surface area contributed by atoms with Gasteiger partial charge in [0.25, 0.3) is 0 Å². The molecule has 2 aromatic carbocycles. The van der Waals surface area contributed by atoms with Gasteiger partial charge >= 0.3 is 0 Å². The Morgan fingerprint density at radius 1 is 0.939 bits per heavy atom. The van der Waals surface area contributed by atoms with Crippen LogP contribution in [0.15, 0.2) is 59.0 Å². The van der Waals surface area contributed by atoms with Gasteiger partial charge in [0.1, 0.15) is 0 Å². The first-order valence-electron chi connectivity index (χ1n) is 12.1. The second kappa shape index (κ2) is 11.8. The van der Waals surface area contributed by atoms with Crippen molar-refractivity contribution >= 4 is 5.91 Å². The maximum atomic E-state index is 12.6. The van der Waals surface area contributed by atoms with E-state index < -0.39 is 0 Å². The minimum absolute atomic E-state index is 0.120. The van der Waals surface area contributed by atoms with Crippen LogP contribution in [0.2, 0.25) is 0 Å². The van der Waals surface area contributed by atoms with Crippen molar-refractivity contribution in [2.45, 2.75) is 51.5 Å². The molecule has 4 rings (SSSR count). The first kappa shape index (κ1) is 23.2. The molecule has 0 unspecified atom stereocenters. The van der Waals surface area contributed by atoms with E-state index in [1.54, 1.807) is 0 Å². The van der Waals surface area contributed by atoms with E-state index >= 15 is 0 Å². The second-order valence-corrected chi connectivity index (χ2v) is 8.89. The summed E-state index contributed by atoms with van der Waals surface area (Å²) in [5.74, 6) is 1.35. The number of rotatable bonds is 11. The van der Waals surface area contributed by atoms with Crippen molar-refractivity contribution in [2.24, 2.45) is 0 Å². The van der Waals surface area contributed by atoms with Gasteiger partial charge in [0.05, 0.1) is 0 Å². The Morgan fingerprint density at radius 3 is 2.45 bits per heavy atom. The number of hydrogen-bond donors (Lipinski definition) is 0. The number of amides is 1. The molecule has 0 atom stereocenters. The van der Waals surface area contributed by atoms with E-state index in [-0.39, 0.29) is 5.91 Å². The standard InChI is InChI=1S/C27H34N4O2/c1-30(19-20-31-18-17-23-12-6-7-13-24(23)21-31)27(32)16-15-26-29-28-25(33-26)14-8-5-11-22-9-3-2-4-10-22/h2-4,6-7,9-10,12-13H,5,8,11,14-21H2,1H3. The summed E-state index contributed by atoms with van der Waals surface area (Å²) < 4.78 is 5.75. The third-order valence-electron chi connectivity index (χ3n) is 6.40. The SMILES string of the molecule is CN(CCN1CCc2ccccc2C1)C(=O)CCc1nnc(CCCCc2ccccc2)o1. The average molecular weight is 447 g/mol. The molecule has 1 amide bonds. The lowest BCUT2D eigenvalue weighted by Crippen LogP contribution is -2.38. The molecular weight excluding hydrogens is 412 g/mol. The molecule has 3 aromatic rings. The molecule has 1 aliphatic rings. The molecule has 0 saturated carbocycles. The molecule has 174 valence electrons. The van der Waals surface area contributed by atoms with Gasteiger partial charge in [-0.05, 0) is 42.4 Å². The van der Waals surface area contributed by atoms with Crippen LogP contribution in [0.25, 0.3) is 0 Å². The van der Waals surface area contributed by atoms with E-state index in [1.807, 2.05) is 18.0 Å².